The molecule has 0 saturated carbocycles. The summed E-state index contributed by atoms with van der Waals surface area (Å²) < 4.78 is 11.4. The van der Waals surface area contributed by atoms with E-state index >= 15 is 0 Å². The first-order valence-electron chi connectivity index (χ1n) is 8.41. The van der Waals surface area contributed by atoms with E-state index in [9.17, 15) is 13.8 Å². The van der Waals surface area contributed by atoms with Crippen LogP contribution < -0.4 is 10.6 Å². The van der Waals surface area contributed by atoms with Crippen LogP contribution in [0, 0.1) is 12.8 Å². The molecule has 0 saturated heterocycles. The molecule has 2 rings (SSSR count). The largest absolute Gasteiger partial charge is 0.352 e. The van der Waals surface area contributed by atoms with Crippen LogP contribution in [0.15, 0.2) is 47.4 Å². The average molecular weight is 372 g/mol. The van der Waals surface area contributed by atoms with E-state index in [2.05, 4.69) is 10.6 Å². The first-order chi connectivity index (χ1) is 12.3. The van der Waals surface area contributed by atoms with E-state index in [1.165, 1.54) is 0 Å². The zero-order valence-corrected chi connectivity index (χ0v) is 16.3. The van der Waals surface area contributed by atoms with Crippen molar-refractivity contribution in [1.82, 2.24) is 5.32 Å². The maximum atomic E-state index is 12.4. The summed E-state index contributed by atoms with van der Waals surface area (Å²) >= 11 is 0. The molecular weight excluding hydrogens is 348 g/mol. The summed E-state index contributed by atoms with van der Waals surface area (Å²) in [6, 6.07) is 11.8. The Hall–Kier alpha value is -2.47. The standard InChI is InChI=1S/C20H24N2O3S/c1-13(2)12-21-19(23)16-7-10-18(14(3)11-16)22-20(24)15-5-8-17(9-6-15)26(4)25/h5-11,13H,12H2,1-4H3,(H,21,23)(H,22,24)/t26-/m1/s1. The molecule has 0 spiro atoms. The Balaban J connectivity index is 2.08. The van der Waals surface area contributed by atoms with Crippen LogP contribution in [0.1, 0.15) is 40.1 Å². The molecule has 1 atom stereocenters. The number of aryl methyl sites for hydroxylation is 1. The molecule has 0 bridgehead atoms. The van der Waals surface area contributed by atoms with Gasteiger partial charge in [-0.3, -0.25) is 13.8 Å². The fraction of sp³-hybridized carbons (Fsp3) is 0.300. The molecule has 0 radical (unpaired) electrons. The molecule has 2 amide bonds. The zero-order chi connectivity index (χ0) is 19.3. The van der Waals surface area contributed by atoms with Crippen molar-refractivity contribution in [3.05, 3.63) is 59.2 Å². The molecule has 0 aliphatic heterocycles. The lowest BCUT2D eigenvalue weighted by Crippen LogP contribution is -2.27. The monoisotopic (exact) mass is 372 g/mol. The Kier molecular flexibility index (Phi) is 6.69. The molecule has 138 valence electrons. The van der Waals surface area contributed by atoms with Gasteiger partial charge in [-0.15, -0.1) is 0 Å². The van der Waals surface area contributed by atoms with E-state index in [-0.39, 0.29) is 11.8 Å². The summed E-state index contributed by atoms with van der Waals surface area (Å²) in [5.74, 6) is 0.0107. The number of nitrogens with one attached hydrogen (secondary N) is 2. The van der Waals surface area contributed by atoms with Gasteiger partial charge in [0, 0.05) is 45.3 Å². The van der Waals surface area contributed by atoms with E-state index in [4.69, 9.17) is 0 Å². The first-order valence-corrected chi connectivity index (χ1v) is 9.97. The number of anilines is 1. The minimum absolute atomic E-state index is 0.122. The highest BCUT2D eigenvalue weighted by Crippen LogP contribution is 2.18. The summed E-state index contributed by atoms with van der Waals surface area (Å²) in [4.78, 5) is 25.2. The van der Waals surface area contributed by atoms with Gasteiger partial charge in [-0.2, -0.15) is 0 Å². The fourth-order valence-corrected chi connectivity index (χ4v) is 2.86. The lowest BCUT2D eigenvalue weighted by Gasteiger charge is -2.12. The molecule has 0 aliphatic carbocycles. The highest BCUT2D eigenvalue weighted by atomic mass is 32.2. The maximum Gasteiger partial charge on any atom is 0.255 e. The number of carbonyl (C=O) groups excluding carboxylic acids is 2. The van der Waals surface area contributed by atoms with Gasteiger partial charge in [0.15, 0.2) is 0 Å². The maximum absolute atomic E-state index is 12.4. The van der Waals surface area contributed by atoms with Gasteiger partial charge in [0.25, 0.3) is 11.8 Å². The summed E-state index contributed by atoms with van der Waals surface area (Å²) in [5.41, 5.74) is 2.51. The lowest BCUT2D eigenvalue weighted by molar-refractivity contribution is 0.0948. The highest BCUT2D eigenvalue weighted by Gasteiger charge is 2.11. The molecule has 2 N–H and O–H groups in total. The third-order valence-corrected chi connectivity index (χ3v) is 4.79. The van der Waals surface area contributed by atoms with Gasteiger partial charge in [-0.25, -0.2) is 0 Å². The van der Waals surface area contributed by atoms with Crippen molar-refractivity contribution in [3.8, 4) is 0 Å². The van der Waals surface area contributed by atoms with Crippen molar-refractivity contribution in [1.29, 1.82) is 0 Å². The van der Waals surface area contributed by atoms with Crippen molar-refractivity contribution < 1.29 is 13.8 Å². The summed E-state index contributed by atoms with van der Waals surface area (Å²) in [6.07, 6.45) is 1.59. The number of amides is 2. The molecule has 0 aromatic heterocycles. The smallest absolute Gasteiger partial charge is 0.255 e. The van der Waals surface area contributed by atoms with Crippen LogP contribution in [0.3, 0.4) is 0 Å². The summed E-state index contributed by atoms with van der Waals surface area (Å²) in [6.45, 7) is 6.54. The second kappa shape index (κ2) is 8.76. The van der Waals surface area contributed by atoms with Gasteiger partial charge >= 0.3 is 0 Å². The van der Waals surface area contributed by atoms with E-state index < -0.39 is 10.8 Å². The van der Waals surface area contributed by atoms with Gasteiger partial charge in [0.05, 0.1) is 0 Å². The number of hydrogen-bond acceptors (Lipinski definition) is 3. The van der Waals surface area contributed by atoms with Gasteiger partial charge < -0.3 is 10.6 Å². The average Bonchev–Trinajstić information content (AvgIpc) is 2.61. The minimum atomic E-state index is -1.07. The highest BCUT2D eigenvalue weighted by molar-refractivity contribution is 7.84. The van der Waals surface area contributed by atoms with Crippen molar-refractivity contribution in [3.63, 3.8) is 0 Å². The van der Waals surface area contributed by atoms with Crippen LogP contribution in [0.2, 0.25) is 0 Å². The Labute approximate surface area is 156 Å². The molecule has 0 unspecified atom stereocenters. The van der Waals surface area contributed by atoms with E-state index in [0.29, 0.717) is 34.2 Å². The summed E-state index contributed by atoms with van der Waals surface area (Å²) in [5, 5.41) is 5.72. The van der Waals surface area contributed by atoms with Crippen molar-refractivity contribution in [2.75, 3.05) is 18.1 Å². The molecule has 26 heavy (non-hydrogen) atoms. The third-order valence-electron chi connectivity index (χ3n) is 3.86. The fourth-order valence-electron chi connectivity index (χ4n) is 2.34. The SMILES string of the molecule is Cc1cc(C(=O)NCC(C)C)ccc1NC(=O)c1ccc([S@@](C)=O)cc1. The number of carbonyl (C=O) groups is 2. The lowest BCUT2D eigenvalue weighted by atomic mass is 10.1. The van der Waals surface area contributed by atoms with Crippen LogP contribution in [0.25, 0.3) is 0 Å². The molecular formula is C20H24N2O3S. The Morgan fingerprint density at radius 3 is 2.15 bits per heavy atom. The Morgan fingerprint density at radius 1 is 1.00 bits per heavy atom. The van der Waals surface area contributed by atoms with Crippen molar-refractivity contribution in [2.24, 2.45) is 5.92 Å². The quantitative estimate of drug-likeness (QED) is 0.816. The second-order valence-corrected chi connectivity index (χ2v) is 7.95. The predicted molar refractivity (Wildman–Crippen MR) is 105 cm³/mol. The van der Waals surface area contributed by atoms with Crippen LogP contribution in [-0.2, 0) is 10.8 Å². The van der Waals surface area contributed by atoms with Crippen LogP contribution in [-0.4, -0.2) is 28.8 Å². The van der Waals surface area contributed by atoms with Crippen LogP contribution in [0.4, 0.5) is 5.69 Å². The molecule has 0 aliphatic rings. The molecule has 6 heteroatoms. The Bertz CT molecular complexity index is 829. The number of rotatable bonds is 6. The predicted octanol–water partition coefficient (Wildman–Crippen LogP) is 3.37. The second-order valence-electron chi connectivity index (χ2n) is 6.57. The Morgan fingerprint density at radius 2 is 1.62 bits per heavy atom. The number of benzene rings is 2. The topological polar surface area (TPSA) is 75.3 Å². The zero-order valence-electron chi connectivity index (χ0n) is 15.5. The molecule has 2 aromatic carbocycles. The third kappa shape index (κ3) is 5.26. The minimum Gasteiger partial charge on any atom is -0.352 e. The molecule has 0 heterocycles. The van der Waals surface area contributed by atoms with Crippen molar-refractivity contribution >= 4 is 28.3 Å². The van der Waals surface area contributed by atoms with Crippen molar-refractivity contribution in [2.45, 2.75) is 25.7 Å². The van der Waals surface area contributed by atoms with Crippen LogP contribution >= 0.6 is 0 Å². The van der Waals surface area contributed by atoms with E-state index in [0.717, 1.165) is 5.56 Å². The van der Waals surface area contributed by atoms with Gasteiger partial charge in [0.2, 0.25) is 0 Å². The van der Waals surface area contributed by atoms with Gasteiger partial charge in [0.1, 0.15) is 0 Å². The first kappa shape index (κ1) is 19.8. The molecule has 2 aromatic rings. The summed E-state index contributed by atoms with van der Waals surface area (Å²) in [7, 11) is -1.07. The van der Waals surface area contributed by atoms with E-state index in [1.807, 2.05) is 20.8 Å². The normalized spacial score (nSPS) is 11.9. The van der Waals surface area contributed by atoms with Gasteiger partial charge in [-0.1, -0.05) is 13.8 Å². The molecule has 0 fully saturated rings. The van der Waals surface area contributed by atoms with Crippen LogP contribution in [0.5, 0.6) is 0 Å². The van der Waals surface area contributed by atoms with Gasteiger partial charge in [-0.05, 0) is 60.9 Å². The number of hydrogen-bond donors (Lipinski definition) is 2. The molecule has 5 nitrogen and oxygen atoms in total. The van der Waals surface area contributed by atoms with E-state index in [1.54, 1.807) is 48.7 Å².